The zero-order valence-corrected chi connectivity index (χ0v) is 12.8. The van der Waals surface area contributed by atoms with Crippen molar-refractivity contribution in [1.29, 1.82) is 0 Å². The van der Waals surface area contributed by atoms with Crippen LogP contribution in [-0.4, -0.2) is 34.1 Å². The van der Waals surface area contributed by atoms with Crippen LogP contribution in [0.3, 0.4) is 0 Å². The van der Waals surface area contributed by atoms with Gasteiger partial charge in [0.15, 0.2) is 5.78 Å². The fourth-order valence-electron chi connectivity index (χ4n) is 2.31. The SMILES string of the molecule is CC(C)C(=O)CN1c2nc(Cl)cc(=O)n2CCC1C(F)(F)F. The van der Waals surface area contributed by atoms with E-state index in [0.29, 0.717) is 0 Å². The number of carbonyl (C=O) groups excluding carboxylic acids is 1. The first-order chi connectivity index (χ1) is 10.1. The van der Waals surface area contributed by atoms with Crippen LogP contribution < -0.4 is 10.5 Å². The highest BCUT2D eigenvalue weighted by atomic mass is 35.5. The number of halogens is 4. The monoisotopic (exact) mass is 337 g/mol. The Morgan fingerprint density at radius 3 is 2.68 bits per heavy atom. The van der Waals surface area contributed by atoms with E-state index in [2.05, 4.69) is 4.98 Å². The van der Waals surface area contributed by atoms with Crippen molar-refractivity contribution in [3.05, 3.63) is 21.6 Å². The minimum absolute atomic E-state index is 0.116. The van der Waals surface area contributed by atoms with Crippen LogP contribution in [0.2, 0.25) is 5.15 Å². The molecule has 0 aromatic carbocycles. The summed E-state index contributed by atoms with van der Waals surface area (Å²) in [7, 11) is 0. The number of rotatable bonds is 3. The number of fused-ring (bicyclic) bond motifs is 1. The summed E-state index contributed by atoms with van der Waals surface area (Å²) in [5, 5.41) is -0.193. The van der Waals surface area contributed by atoms with E-state index in [0.717, 1.165) is 15.5 Å². The van der Waals surface area contributed by atoms with Gasteiger partial charge >= 0.3 is 6.18 Å². The molecule has 0 bridgehead atoms. The smallest absolute Gasteiger partial charge is 0.323 e. The van der Waals surface area contributed by atoms with Crippen molar-refractivity contribution in [3.63, 3.8) is 0 Å². The maximum atomic E-state index is 13.2. The van der Waals surface area contributed by atoms with Crippen LogP contribution in [0.4, 0.5) is 19.1 Å². The Morgan fingerprint density at radius 1 is 1.50 bits per heavy atom. The third-order valence-electron chi connectivity index (χ3n) is 3.56. The number of nitrogens with zero attached hydrogens (tertiary/aromatic N) is 3. The second kappa shape index (κ2) is 5.91. The van der Waals surface area contributed by atoms with Gasteiger partial charge in [0.1, 0.15) is 11.2 Å². The first-order valence-electron chi connectivity index (χ1n) is 6.74. The number of Topliss-reactive ketones (excluding diaryl/α,β-unsaturated/α-hetero) is 1. The lowest BCUT2D eigenvalue weighted by molar-refractivity contribution is -0.153. The second-order valence-electron chi connectivity index (χ2n) is 5.46. The molecule has 1 aromatic rings. The van der Waals surface area contributed by atoms with Crippen LogP contribution in [0.1, 0.15) is 20.3 Å². The van der Waals surface area contributed by atoms with Gasteiger partial charge in [-0.3, -0.25) is 14.2 Å². The van der Waals surface area contributed by atoms with Crippen LogP contribution >= 0.6 is 11.6 Å². The Hall–Kier alpha value is -1.57. The number of anilines is 1. The molecule has 5 nitrogen and oxygen atoms in total. The van der Waals surface area contributed by atoms with Gasteiger partial charge in [-0.15, -0.1) is 0 Å². The average molecular weight is 338 g/mol. The quantitative estimate of drug-likeness (QED) is 0.794. The fraction of sp³-hybridized carbons (Fsp3) is 0.615. The van der Waals surface area contributed by atoms with E-state index in [4.69, 9.17) is 11.6 Å². The molecule has 0 radical (unpaired) electrons. The van der Waals surface area contributed by atoms with Crippen molar-refractivity contribution in [2.45, 2.75) is 39.0 Å². The maximum absolute atomic E-state index is 13.2. The molecule has 0 fully saturated rings. The predicted molar refractivity (Wildman–Crippen MR) is 75.2 cm³/mol. The zero-order valence-electron chi connectivity index (χ0n) is 12.0. The molecule has 1 aromatic heterocycles. The second-order valence-corrected chi connectivity index (χ2v) is 5.85. The normalized spacial score (nSPS) is 18.5. The van der Waals surface area contributed by atoms with E-state index >= 15 is 0 Å². The number of ketones is 1. The van der Waals surface area contributed by atoms with Gasteiger partial charge in [-0.2, -0.15) is 13.2 Å². The Kier molecular flexibility index (Phi) is 4.51. The topological polar surface area (TPSA) is 55.2 Å². The van der Waals surface area contributed by atoms with Gasteiger partial charge < -0.3 is 4.90 Å². The Labute approximate surface area is 129 Å². The van der Waals surface area contributed by atoms with Crippen LogP contribution in [0.5, 0.6) is 0 Å². The number of carbonyl (C=O) groups is 1. The minimum Gasteiger partial charge on any atom is -0.323 e. The summed E-state index contributed by atoms with van der Waals surface area (Å²) in [4.78, 5) is 28.4. The summed E-state index contributed by atoms with van der Waals surface area (Å²) in [6.07, 6.45) is -4.84. The van der Waals surface area contributed by atoms with Gasteiger partial charge in [-0.05, 0) is 6.42 Å². The van der Waals surface area contributed by atoms with E-state index in [9.17, 15) is 22.8 Å². The highest BCUT2D eigenvalue weighted by molar-refractivity contribution is 6.29. The molecule has 0 spiro atoms. The van der Waals surface area contributed by atoms with Crippen molar-refractivity contribution < 1.29 is 18.0 Å². The van der Waals surface area contributed by atoms with E-state index in [1.807, 2.05) is 0 Å². The molecule has 0 N–H and O–H groups in total. The number of hydrogen-bond acceptors (Lipinski definition) is 4. The van der Waals surface area contributed by atoms with Gasteiger partial charge in [0.25, 0.3) is 5.56 Å². The van der Waals surface area contributed by atoms with E-state index in [1.165, 1.54) is 0 Å². The summed E-state index contributed by atoms with van der Waals surface area (Å²) in [5.74, 6) is -0.993. The lowest BCUT2D eigenvalue weighted by Gasteiger charge is -2.38. The van der Waals surface area contributed by atoms with Crippen LogP contribution in [-0.2, 0) is 11.3 Å². The highest BCUT2D eigenvalue weighted by Gasteiger charge is 2.47. The lowest BCUT2D eigenvalue weighted by atomic mass is 10.1. The van der Waals surface area contributed by atoms with E-state index < -0.39 is 30.2 Å². The summed E-state index contributed by atoms with van der Waals surface area (Å²) in [5.41, 5.74) is -0.530. The first-order valence-corrected chi connectivity index (χ1v) is 7.12. The zero-order chi connectivity index (χ0) is 16.7. The van der Waals surface area contributed by atoms with Crippen molar-refractivity contribution in [1.82, 2.24) is 9.55 Å². The minimum atomic E-state index is -4.53. The largest absolute Gasteiger partial charge is 0.408 e. The molecule has 2 heterocycles. The van der Waals surface area contributed by atoms with E-state index in [1.54, 1.807) is 13.8 Å². The Bertz CT molecular complexity index is 642. The molecule has 0 amide bonds. The summed E-state index contributed by atoms with van der Waals surface area (Å²) in [6, 6.07) is -0.818. The molecule has 0 saturated carbocycles. The number of alkyl halides is 3. The fourth-order valence-corrected chi connectivity index (χ4v) is 2.48. The van der Waals surface area contributed by atoms with Crippen molar-refractivity contribution >= 4 is 23.3 Å². The maximum Gasteiger partial charge on any atom is 0.408 e. The summed E-state index contributed by atoms with van der Waals surface area (Å²) in [6.45, 7) is 2.63. The van der Waals surface area contributed by atoms with Gasteiger partial charge in [-0.1, -0.05) is 25.4 Å². The summed E-state index contributed by atoms with van der Waals surface area (Å²) >= 11 is 5.69. The van der Waals surface area contributed by atoms with Gasteiger partial charge in [0.05, 0.1) is 6.54 Å². The molecule has 1 unspecified atom stereocenters. The molecule has 1 aliphatic heterocycles. The van der Waals surface area contributed by atoms with Gasteiger partial charge in [0.2, 0.25) is 5.95 Å². The van der Waals surface area contributed by atoms with Crippen LogP contribution in [0.25, 0.3) is 0 Å². The molecule has 22 heavy (non-hydrogen) atoms. The molecular formula is C13H15ClF3N3O2. The number of hydrogen-bond donors (Lipinski definition) is 0. The molecule has 1 aliphatic rings. The third kappa shape index (κ3) is 3.26. The molecule has 122 valence electrons. The molecule has 2 rings (SSSR count). The molecule has 1 atom stereocenters. The lowest BCUT2D eigenvalue weighted by Crippen LogP contribution is -2.54. The Morgan fingerprint density at radius 2 is 2.14 bits per heavy atom. The molecular weight excluding hydrogens is 323 g/mol. The van der Waals surface area contributed by atoms with Crippen molar-refractivity contribution in [2.24, 2.45) is 5.92 Å². The standard InChI is InChI=1S/C13H15ClF3N3O2/c1-7(2)8(21)6-20-9(13(15,16)17)3-4-19-11(22)5-10(14)18-12(19)20/h5,7,9H,3-4,6H2,1-2H3. The van der Waals surface area contributed by atoms with Crippen LogP contribution in [0.15, 0.2) is 10.9 Å². The summed E-state index contributed by atoms with van der Waals surface area (Å²) < 4.78 is 40.8. The molecule has 9 heteroatoms. The van der Waals surface area contributed by atoms with Crippen molar-refractivity contribution in [2.75, 3.05) is 11.4 Å². The highest BCUT2D eigenvalue weighted by Crippen LogP contribution is 2.33. The van der Waals surface area contributed by atoms with Gasteiger partial charge in [0, 0.05) is 18.5 Å². The number of aromatic nitrogens is 2. The van der Waals surface area contributed by atoms with Crippen molar-refractivity contribution in [3.8, 4) is 0 Å². The van der Waals surface area contributed by atoms with E-state index in [-0.39, 0.29) is 29.9 Å². The molecule has 0 aliphatic carbocycles. The third-order valence-corrected chi connectivity index (χ3v) is 3.76. The van der Waals surface area contributed by atoms with Crippen LogP contribution in [0, 0.1) is 5.92 Å². The first kappa shape index (κ1) is 16.8. The van der Waals surface area contributed by atoms with Gasteiger partial charge in [-0.25, -0.2) is 4.98 Å². The molecule has 0 saturated heterocycles. The Balaban J connectivity index is 2.51. The average Bonchev–Trinajstić information content (AvgIpc) is 2.37. The predicted octanol–water partition coefficient (Wildman–Crippen LogP) is 2.26.